The van der Waals surface area contributed by atoms with E-state index in [9.17, 15) is 26.9 Å². The van der Waals surface area contributed by atoms with E-state index in [0.717, 1.165) is 26.0 Å². The van der Waals surface area contributed by atoms with Crippen molar-refractivity contribution in [2.45, 2.75) is 43.4 Å². The summed E-state index contributed by atoms with van der Waals surface area (Å²) in [6, 6.07) is 4.17. The molecule has 0 amide bonds. The number of alkyl halides is 3. The Morgan fingerprint density at radius 2 is 2.03 bits per heavy atom. The second-order valence-electron chi connectivity index (χ2n) is 7.90. The average Bonchev–Trinajstić information content (AvgIpc) is 3.53. The molecule has 0 spiro atoms. The molecule has 12 heteroatoms. The van der Waals surface area contributed by atoms with Crippen molar-refractivity contribution in [3.8, 4) is 23.2 Å². The fourth-order valence-corrected chi connectivity index (χ4v) is 4.65. The van der Waals surface area contributed by atoms with E-state index in [1.165, 1.54) is 19.2 Å². The number of hydrogen-bond donors (Lipinski definition) is 1. The number of aromatic nitrogens is 3. The predicted octanol–water partition coefficient (Wildman–Crippen LogP) is 3.62. The van der Waals surface area contributed by atoms with Gasteiger partial charge in [-0.05, 0) is 43.9 Å². The molecular weight excluding hydrogens is 459 g/mol. The lowest BCUT2D eigenvalue weighted by Crippen LogP contribution is -2.42. The number of hydrogen-bond acceptors (Lipinski definition) is 6. The summed E-state index contributed by atoms with van der Waals surface area (Å²) in [5.41, 5.74) is 1.67. The first-order chi connectivity index (χ1) is 15.5. The summed E-state index contributed by atoms with van der Waals surface area (Å²) in [5.74, 6) is 0.913. The van der Waals surface area contributed by atoms with E-state index in [1.54, 1.807) is 17.0 Å². The zero-order chi connectivity index (χ0) is 24.0. The van der Waals surface area contributed by atoms with Gasteiger partial charge in [-0.1, -0.05) is 0 Å². The van der Waals surface area contributed by atoms with Crippen LogP contribution >= 0.6 is 0 Å². The van der Waals surface area contributed by atoms with E-state index in [-0.39, 0.29) is 0 Å². The molecule has 1 aliphatic carbocycles. The Morgan fingerprint density at radius 3 is 2.58 bits per heavy atom. The van der Waals surface area contributed by atoms with E-state index >= 15 is 0 Å². The quantitative estimate of drug-likeness (QED) is 0.554. The van der Waals surface area contributed by atoms with Crippen LogP contribution in [0.2, 0.25) is 0 Å². The molecule has 1 atom stereocenters. The largest absolute Gasteiger partial charge is 0.495 e. The van der Waals surface area contributed by atoms with Gasteiger partial charge in [0.2, 0.25) is 10.0 Å². The van der Waals surface area contributed by atoms with Crippen molar-refractivity contribution in [1.29, 1.82) is 5.26 Å². The monoisotopic (exact) mass is 479 g/mol. The Kier molecular flexibility index (Phi) is 5.79. The molecule has 0 saturated heterocycles. The van der Waals surface area contributed by atoms with Crippen molar-refractivity contribution in [2.24, 2.45) is 5.92 Å². The van der Waals surface area contributed by atoms with Crippen LogP contribution < -0.4 is 9.46 Å². The molecule has 33 heavy (non-hydrogen) atoms. The van der Waals surface area contributed by atoms with Gasteiger partial charge in [0.15, 0.2) is 0 Å². The molecule has 0 aliphatic heterocycles. The van der Waals surface area contributed by atoms with Gasteiger partial charge in [-0.25, -0.2) is 13.4 Å². The van der Waals surface area contributed by atoms with Crippen molar-refractivity contribution >= 4 is 21.1 Å². The summed E-state index contributed by atoms with van der Waals surface area (Å²) in [4.78, 5) is 8.22. The van der Waals surface area contributed by atoms with Crippen LogP contribution in [-0.4, -0.2) is 42.3 Å². The normalized spacial score (nSPS) is 15.4. The lowest BCUT2D eigenvalue weighted by molar-refractivity contribution is -0.147. The Balaban J connectivity index is 1.78. The number of nitrogens with zero attached hydrogens (tertiary/aromatic N) is 4. The molecule has 1 saturated carbocycles. The van der Waals surface area contributed by atoms with Gasteiger partial charge in [-0.3, -0.25) is 4.98 Å². The number of pyridine rings is 2. The highest BCUT2D eigenvalue weighted by molar-refractivity contribution is 7.89. The number of nitriles is 1. The standard InChI is InChI=1S/C21H20F3N5O3S/c1-12(21(22,23)24)28-33(30,31)15-5-6-18(26-10-15)19-17(8-25)16-7-14(32-2)9-27-20(16)29(19)11-13-3-4-13/h5-7,9-10,12-13,28H,3-4,11H2,1-2H3/t12-/m0/s1. The zero-order valence-electron chi connectivity index (χ0n) is 17.7. The summed E-state index contributed by atoms with van der Waals surface area (Å²) in [5, 5.41) is 10.5. The van der Waals surface area contributed by atoms with E-state index in [1.807, 2.05) is 4.57 Å². The smallest absolute Gasteiger partial charge is 0.404 e. The molecule has 3 aromatic heterocycles. The van der Waals surface area contributed by atoms with E-state index in [4.69, 9.17) is 4.74 Å². The molecule has 0 unspecified atom stereocenters. The first-order valence-corrected chi connectivity index (χ1v) is 11.5. The first kappa shape index (κ1) is 23.0. The van der Waals surface area contributed by atoms with Crippen LogP contribution in [0.3, 0.4) is 0 Å². The molecule has 0 radical (unpaired) electrons. The molecule has 1 fully saturated rings. The molecule has 0 aromatic carbocycles. The van der Waals surface area contributed by atoms with Crippen LogP contribution in [0.4, 0.5) is 13.2 Å². The molecule has 0 bridgehead atoms. The van der Waals surface area contributed by atoms with Crippen molar-refractivity contribution in [3.63, 3.8) is 0 Å². The Hall–Kier alpha value is -3.17. The van der Waals surface area contributed by atoms with Gasteiger partial charge >= 0.3 is 6.18 Å². The topological polar surface area (TPSA) is 110 Å². The average molecular weight is 479 g/mol. The second kappa shape index (κ2) is 8.31. The van der Waals surface area contributed by atoms with Crippen LogP contribution in [0.25, 0.3) is 22.4 Å². The number of sulfonamides is 1. The van der Waals surface area contributed by atoms with Gasteiger partial charge in [0.05, 0.1) is 30.3 Å². The lowest BCUT2D eigenvalue weighted by Gasteiger charge is -2.17. The molecule has 3 heterocycles. The van der Waals surface area contributed by atoms with Crippen LogP contribution in [-0.2, 0) is 16.6 Å². The maximum Gasteiger partial charge on any atom is 0.404 e. The highest BCUT2D eigenvalue weighted by Gasteiger charge is 2.39. The van der Waals surface area contributed by atoms with Crippen LogP contribution in [0.15, 0.2) is 35.5 Å². The third-order valence-corrected chi connectivity index (χ3v) is 7.00. The number of methoxy groups -OCH3 is 1. The highest BCUT2D eigenvalue weighted by Crippen LogP contribution is 2.38. The van der Waals surface area contributed by atoms with Crippen molar-refractivity contribution in [3.05, 3.63) is 36.2 Å². The molecule has 3 aromatic rings. The lowest BCUT2D eigenvalue weighted by atomic mass is 10.1. The van der Waals surface area contributed by atoms with Gasteiger partial charge in [0.25, 0.3) is 0 Å². The second-order valence-corrected chi connectivity index (χ2v) is 9.61. The van der Waals surface area contributed by atoms with E-state index < -0.39 is 27.1 Å². The molecule has 1 N–H and O–H groups in total. The summed E-state index contributed by atoms with van der Waals surface area (Å²) < 4.78 is 71.8. The minimum absolute atomic E-state index is 0.309. The molecule has 1 aliphatic rings. The molecular formula is C21H20F3N5O3S. The SMILES string of the molecule is COc1cnc2c(c1)c(C#N)c(-c1ccc(S(=O)(=O)N[C@@H](C)C(F)(F)F)cn1)n2CC1CC1. The minimum Gasteiger partial charge on any atom is -0.495 e. The summed E-state index contributed by atoms with van der Waals surface area (Å²) in [6.07, 6.45) is -0.0993. The van der Waals surface area contributed by atoms with E-state index in [2.05, 4.69) is 16.0 Å². The number of fused-ring (bicyclic) bond motifs is 1. The maximum atomic E-state index is 12.8. The number of halogens is 3. The van der Waals surface area contributed by atoms with E-state index in [0.29, 0.717) is 46.2 Å². The minimum atomic E-state index is -4.72. The third kappa shape index (κ3) is 4.51. The number of ether oxygens (including phenoxy) is 1. The summed E-state index contributed by atoms with van der Waals surface area (Å²) >= 11 is 0. The van der Waals surface area contributed by atoms with Crippen molar-refractivity contribution in [1.82, 2.24) is 19.3 Å². The zero-order valence-corrected chi connectivity index (χ0v) is 18.5. The van der Waals surface area contributed by atoms with Gasteiger partial charge in [-0.2, -0.15) is 23.2 Å². The third-order valence-electron chi connectivity index (χ3n) is 5.47. The Morgan fingerprint density at radius 1 is 1.30 bits per heavy atom. The first-order valence-electron chi connectivity index (χ1n) is 10.1. The van der Waals surface area contributed by atoms with Crippen LogP contribution in [0, 0.1) is 17.2 Å². The maximum absolute atomic E-state index is 12.8. The van der Waals surface area contributed by atoms with Crippen molar-refractivity contribution < 1.29 is 26.3 Å². The predicted molar refractivity (Wildman–Crippen MR) is 113 cm³/mol. The van der Waals surface area contributed by atoms with Crippen LogP contribution in [0.1, 0.15) is 25.3 Å². The van der Waals surface area contributed by atoms with Crippen LogP contribution in [0.5, 0.6) is 5.75 Å². The van der Waals surface area contributed by atoms with Gasteiger partial charge in [-0.15, -0.1) is 0 Å². The summed E-state index contributed by atoms with van der Waals surface area (Å²) in [7, 11) is -2.95. The van der Waals surface area contributed by atoms with Crippen molar-refractivity contribution in [2.75, 3.05) is 7.11 Å². The fraction of sp³-hybridized carbons (Fsp3) is 0.381. The Labute approximate surface area is 188 Å². The number of nitrogens with one attached hydrogen (secondary N) is 1. The molecule has 4 rings (SSSR count). The highest BCUT2D eigenvalue weighted by atomic mass is 32.2. The van der Waals surface area contributed by atoms with Gasteiger partial charge < -0.3 is 9.30 Å². The molecule has 8 nitrogen and oxygen atoms in total. The summed E-state index contributed by atoms with van der Waals surface area (Å²) in [6.45, 7) is 1.33. The van der Waals surface area contributed by atoms with Gasteiger partial charge in [0.1, 0.15) is 28.4 Å². The number of rotatable bonds is 7. The molecule has 174 valence electrons. The Bertz CT molecular complexity index is 1340. The van der Waals surface area contributed by atoms with Gasteiger partial charge in [0, 0.05) is 18.1 Å². The fourth-order valence-electron chi connectivity index (χ4n) is 3.48.